The molecule has 39 heavy (non-hydrogen) atoms. The predicted octanol–water partition coefficient (Wildman–Crippen LogP) is 5.29. The minimum Gasteiger partial charge on any atom is -0.451 e. The van der Waals surface area contributed by atoms with E-state index in [1.54, 1.807) is 31.7 Å². The van der Waals surface area contributed by atoms with Gasteiger partial charge in [0.05, 0.1) is 0 Å². The Morgan fingerprint density at radius 3 is 2.05 bits per heavy atom. The molecule has 0 fully saturated rings. The molecule has 212 valence electrons. The summed E-state index contributed by atoms with van der Waals surface area (Å²) in [6.45, 7) is 11.7. The Morgan fingerprint density at radius 2 is 1.46 bits per heavy atom. The van der Waals surface area contributed by atoms with Crippen LogP contribution in [-0.2, 0) is 28.7 Å². The number of ether oxygens (including phenoxy) is 3. The summed E-state index contributed by atoms with van der Waals surface area (Å²) in [7, 11) is 0. The van der Waals surface area contributed by atoms with E-state index in [1.807, 2.05) is 51.1 Å². The van der Waals surface area contributed by atoms with Gasteiger partial charge in [0, 0.05) is 19.7 Å². The number of aromatic hydroxyl groups is 1. The van der Waals surface area contributed by atoms with Gasteiger partial charge >= 0.3 is 17.4 Å². The molecule has 3 aromatic rings. The van der Waals surface area contributed by atoms with Gasteiger partial charge in [0.2, 0.25) is 5.75 Å². The van der Waals surface area contributed by atoms with Crippen LogP contribution in [0, 0.1) is 0 Å². The van der Waals surface area contributed by atoms with E-state index in [1.165, 1.54) is 0 Å². The van der Waals surface area contributed by atoms with Crippen molar-refractivity contribution in [2.24, 2.45) is 0 Å². The average molecular weight is 560 g/mol. The van der Waals surface area contributed by atoms with Crippen LogP contribution in [0.3, 0.4) is 0 Å². The fourth-order valence-electron chi connectivity index (χ4n) is 3.86. The zero-order valence-corrected chi connectivity index (χ0v) is 24.3. The minimum atomic E-state index is -0.837. The molecule has 0 spiro atoms. The van der Waals surface area contributed by atoms with Crippen molar-refractivity contribution in [3.63, 3.8) is 0 Å². The highest BCUT2D eigenvalue weighted by Gasteiger charge is 2.26. The number of amides is 1. The van der Waals surface area contributed by atoms with Crippen LogP contribution in [0.4, 0.5) is 9.59 Å². The molecule has 0 saturated carbocycles. The quantitative estimate of drug-likeness (QED) is 0.270. The number of thiazole rings is 1. The summed E-state index contributed by atoms with van der Waals surface area (Å²) in [5, 5.41) is 19.3. The van der Waals surface area contributed by atoms with Crippen molar-refractivity contribution in [3.8, 4) is 10.9 Å². The second-order valence-corrected chi connectivity index (χ2v) is 12.3. The minimum absolute atomic E-state index is 0.0277. The van der Waals surface area contributed by atoms with Gasteiger partial charge in [-0.15, -0.1) is 0 Å². The molecular weight excluding hydrogens is 520 g/mol. The maximum Gasteiger partial charge on any atom is 0.514 e. The zero-order chi connectivity index (χ0) is 28.8. The predicted molar refractivity (Wildman–Crippen MR) is 149 cm³/mol. The van der Waals surface area contributed by atoms with Crippen LogP contribution in [0.1, 0.15) is 58.2 Å². The molecule has 3 N–H and O–H groups in total. The summed E-state index contributed by atoms with van der Waals surface area (Å²) in [5.74, 6) is 0.244. The molecule has 0 bridgehead atoms. The SMILES string of the molecule is CC(C)(C)OC(=O)Oc1ccc(CCN(CCc2ccc(CCO)cc2)C(=O)OC(C)(C)C)c2sc(O)[nH+]c12. The van der Waals surface area contributed by atoms with Gasteiger partial charge in [-0.25, -0.2) is 9.59 Å². The second-order valence-electron chi connectivity index (χ2n) is 11.3. The van der Waals surface area contributed by atoms with Crippen LogP contribution in [0.5, 0.6) is 10.9 Å². The van der Waals surface area contributed by atoms with Crippen molar-refractivity contribution in [1.82, 2.24) is 4.90 Å². The number of carbonyl (C=O) groups excluding carboxylic acids is 2. The van der Waals surface area contributed by atoms with Gasteiger partial charge in [0.25, 0.3) is 5.52 Å². The number of hydrogen-bond acceptors (Lipinski definition) is 8. The lowest BCUT2D eigenvalue weighted by Crippen LogP contribution is -2.39. The zero-order valence-electron chi connectivity index (χ0n) is 23.5. The monoisotopic (exact) mass is 559 g/mol. The van der Waals surface area contributed by atoms with E-state index >= 15 is 0 Å². The van der Waals surface area contributed by atoms with Gasteiger partial charge in [0.15, 0.2) is 0 Å². The van der Waals surface area contributed by atoms with E-state index in [4.69, 9.17) is 19.3 Å². The number of nitrogens with one attached hydrogen (secondary N) is 1. The number of fused-ring (bicyclic) bond motifs is 1. The summed E-state index contributed by atoms with van der Waals surface area (Å²) in [6.07, 6.45) is 0.503. The van der Waals surface area contributed by atoms with Crippen molar-refractivity contribution in [1.29, 1.82) is 0 Å². The van der Waals surface area contributed by atoms with E-state index in [2.05, 4.69) is 4.98 Å². The summed E-state index contributed by atoms with van der Waals surface area (Å²) in [4.78, 5) is 29.8. The van der Waals surface area contributed by atoms with Gasteiger partial charge in [-0.2, -0.15) is 4.98 Å². The lowest BCUT2D eigenvalue weighted by molar-refractivity contribution is -0.356. The molecule has 1 heterocycles. The molecular formula is C29H39N2O7S+. The third-order valence-electron chi connectivity index (χ3n) is 5.61. The number of benzene rings is 2. The third-order valence-corrected chi connectivity index (χ3v) is 6.58. The average Bonchev–Trinajstić information content (AvgIpc) is 3.21. The lowest BCUT2D eigenvalue weighted by Gasteiger charge is -2.27. The van der Waals surface area contributed by atoms with Crippen molar-refractivity contribution in [2.45, 2.75) is 72.0 Å². The molecule has 0 unspecified atom stereocenters. The van der Waals surface area contributed by atoms with E-state index in [0.29, 0.717) is 37.9 Å². The van der Waals surface area contributed by atoms with E-state index in [9.17, 15) is 14.7 Å². The number of hydrogen-bond donors (Lipinski definition) is 2. The largest absolute Gasteiger partial charge is 0.514 e. The molecule has 9 nitrogen and oxygen atoms in total. The van der Waals surface area contributed by atoms with Gasteiger partial charge in [-0.05, 0) is 94.9 Å². The Morgan fingerprint density at radius 1 is 0.872 bits per heavy atom. The van der Waals surface area contributed by atoms with Gasteiger partial charge in [-0.1, -0.05) is 30.3 Å². The lowest BCUT2D eigenvalue weighted by atomic mass is 10.1. The number of carbonyl (C=O) groups is 2. The number of H-pyrrole nitrogens is 1. The van der Waals surface area contributed by atoms with Gasteiger partial charge in [0.1, 0.15) is 15.9 Å². The second kappa shape index (κ2) is 12.7. The summed E-state index contributed by atoms with van der Waals surface area (Å²) < 4.78 is 17.0. The highest BCUT2D eigenvalue weighted by atomic mass is 32.1. The Bertz CT molecular complexity index is 1270. The van der Waals surface area contributed by atoms with E-state index < -0.39 is 23.5 Å². The van der Waals surface area contributed by atoms with Crippen LogP contribution >= 0.6 is 11.3 Å². The topological polar surface area (TPSA) is 120 Å². The molecule has 1 aromatic heterocycles. The van der Waals surface area contributed by atoms with Gasteiger partial charge < -0.3 is 29.3 Å². The van der Waals surface area contributed by atoms with E-state index in [-0.39, 0.29) is 17.6 Å². The van der Waals surface area contributed by atoms with Crippen molar-refractivity contribution >= 4 is 33.8 Å². The molecule has 2 aromatic carbocycles. The Balaban J connectivity index is 1.77. The molecule has 0 aliphatic carbocycles. The first-order chi connectivity index (χ1) is 18.2. The molecule has 0 aliphatic rings. The first kappa shape index (κ1) is 30.2. The highest BCUT2D eigenvalue weighted by Crippen LogP contribution is 2.33. The normalized spacial score (nSPS) is 11.9. The molecule has 0 saturated heterocycles. The first-order valence-electron chi connectivity index (χ1n) is 13.0. The number of rotatable bonds is 9. The molecule has 0 radical (unpaired) electrons. The number of aromatic nitrogens is 1. The fraction of sp³-hybridized carbons (Fsp3) is 0.483. The summed E-state index contributed by atoms with van der Waals surface area (Å²) in [5.41, 5.74) is 2.16. The van der Waals surface area contributed by atoms with E-state index in [0.717, 1.165) is 32.7 Å². The molecule has 0 aliphatic heterocycles. The Hall–Kier alpha value is -3.37. The van der Waals surface area contributed by atoms with Crippen LogP contribution in [-0.4, -0.2) is 58.3 Å². The van der Waals surface area contributed by atoms with Crippen LogP contribution < -0.4 is 9.72 Å². The Labute approximate surface area is 233 Å². The number of aromatic amines is 1. The highest BCUT2D eigenvalue weighted by molar-refractivity contribution is 7.19. The molecule has 3 rings (SSSR count). The first-order valence-corrected chi connectivity index (χ1v) is 13.8. The molecule has 0 atom stereocenters. The van der Waals surface area contributed by atoms with Crippen molar-refractivity contribution in [2.75, 3.05) is 19.7 Å². The van der Waals surface area contributed by atoms with Crippen molar-refractivity contribution < 1.29 is 39.0 Å². The number of aliphatic hydroxyl groups excluding tert-OH is 1. The molecule has 1 amide bonds. The van der Waals surface area contributed by atoms with Crippen LogP contribution in [0.2, 0.25) is 0 Å². The maximum absolute atomic E-state index is 13.1. The smallest absolute Gasteiger partial charge is 0.451 e. The number of aliphatic hydroxyl groups is 1. The Kier molecular flexibility index (Phi) is 9.79. The maximum atomic E-state index is 13.1. The standard InChI is InChI=1S/C29H38N2O7S/c1-28(2,3)37-26(34)31(16-13-19-7-9-20(10-8-19)15-18-32)17-14-21-11-12-22(23-24(21)39-25(33)30-23)36-27(35)38-29(4,5)6/h7-12,32H,13-18H2,1-6H3,(H,30,33)/p+1. The molecule has 10 heteroatoms. The summed E-state index contributed by atoms with van der Waals surface area (Å²) in [6, 6.07) is 11.5. The fourth-order valence-corrected chi connectivity index (χ4v) is 4.76. The van der Waals surface area contributed by atoms with Crippen LogP contribution in [0.15, 0.2) is 36.4 Å². The van der Waals surface area contributed by atoms with Crippen LogP contribution in [0.25, 0.3) is 10.2 Å². The van der Waals surface area contributed by atoms with Crippen molar-refractivity contribution in [3.05, 3.63) is 53.1 Å². The van der Waals surface area contributed by atoms with Gasteiger partial charge in [-0.3, -0.25) is 0 Å². The number of nitrogens with zero attached hydrogens (tertiary/aromatic N) is 1. The third kappa shape index (κ3) is 9.40. The summed E-state index contributed by atoms with van der Waals surface area (Å²) >= 11 is 1.13.